The molecule has 0 unspecified atom stereocenters. The number of carbonyl (C=O) groups is 1. The van der Waals surface area contributed by atoms with Crippen LogP contribution in [0.15, 0.2) is 90.6 Å². The second kappa shape index (κ2) is 10.9. The van der Waals surface area contributed by atoms with Crippen LogP contribution in [0.2, 0.25) is 0 Å². The first-order chi connectivity index (χ1) is 15.5. The Bertz CT molecular complexity index is 1060. The number of nitrogens with one attached hydrogen (secondary N) is 1. The molecule has 0 bridgehead atoms. The minimum atomic E-state index is -1.89. The normalized spacial score (nSPS) is 11.2. The van der Waals surface area contributed by atoms with E-state index < -0.39 is 11.5 Å². The lowest BCUT2D eigenvalue weighted by atomic mass is 9.85. The highest BCUT2D eigenvalue weighted by Crippen LogP contribution is 2.34. The maximum Gasteiger partial charge on any atom is 0.281 e. The third-order valence-electron chi connectivity index (χ3n) is 4.69. The predicted octanol–water partition coefficient (Wildman–Crippen LogP) is 4.25. The number of nitrogens with zero attached hydrogens (tertiary/aromatic N) is 1. The summed E-state index contributed by atoms with van der Waals surface area (Å²) in [5.41, 5.74) is 2.15. The van der Waals surface area contributed by atoms with Crippen molar-refractivity contribution >= 4 is 34.7 Å². The Morgan fingerprint density at radius 1 is 1.12 bits per heavy atom. The summed E-state index contributed by atoms with van der Waals surface area (Å²) in [7, 11) is 1.55. The highest BCUT2D eigenvalue weighted by molar-refractivity contribution is 14.1. The Hall–Kier alpha value is -3.17. The van der Waals surface area contributed by atoms with Gasteiger partial charge in [0.25, 0.3) is 5.91 Å². The summed E-state index contributed by atoms with van der Waals surface area (Å²) in [4.78, 5) is 13.1. The van der Waals surface area contributed by atoms with Gasteiger partial charge >= 0.3 is 0 Å². The second-order valence-corrected chi connectivity index (χ2v) is 7.94. The highest BCUT2D eigenvalue weighted by Gasteiger charge is 2.39. The Kier molecular flexibility index (Phi) is 8.02. The Labute approximate surface area is 200 Å². The van der Waals surface area contributed by atoms with Crippen LogP contribution in [-0.4, -0.2) is 30.9 Å². The molecule has 3 rings (SSSR count). The first-order valence-electron chi connectivity index (χ1n) is 9.78. The molecule has 0 atom stereocenters. The number of carbonyl (C=O) groups excluding carboxylic acids is 1. The molecule has 164 valence electrons. The van der Waals surface area contributed by atoms with E-state index in [-0.39, 0.29) is 0 Å². The van der Waals surface area contributed by atoms with E-state index in [4.69, 9.17) is 9.47 Å². The van der Waals surface area contributed by atoms with Gasteiger partial charge in [-0.3, -0.25) is 4.79 Å². The van der Waals surface area contributed by atoms with Crippen LogP contribution in [0, 0.1) is 3.57 Å². The lowest BCUT2D eigenvalue weighted by Crippen LogP contribution is -2.43. The van der Waals surface area contributed by atoms with Gasteiger partial charge < -0.3 is 14.6 Å². The van der Waals surface area contributed by atoms with E-state index in [0.717, 1.165) is 3.57 Å². The number of hydrogen-bond acceptors (Lipinski definition) is 5. The first kappa shape index (κ1) is 23.5. The van der Waals surface area contributed by atoms with Gasteiger partial charge in [0.2, 0.25) is 0 Å². The molecule has 3 aromatic rings. The number of hydrogen-bond donors (Lipinski definition) is 2. The van der Waals surface area contributed by atoms with Gasteiger partial charge in [0.05, 0.1) is 16.9 Å². The van der Waals surface area contributed by atoms with Crippen molar-refractivity contribution in [1.82, 2.24) is 5.43 Å². The van der Waals surface area contributed by atoms with Crippen molar-refractivity contribution in [3.63, 3.8) is 0 Å². The summed E-state index contributed by atoms with van der Waals surface area (Å²) in [6.07, 6.45) is 3.14. The van der Waals surface area contributed by atoms with Gasteiger partial charge in [-0.25, -0.2) is 5.43 Å². The molecule has 3 aromatic carbocycles. The summed E-state index contributed by atoms with van der Waals surface area (Å²) in [6.45, 7) is 4.00. The SMILES string of the molecule is C=CCOc1c(I)cc(C=NNC(=O)C(O)(c2ccccc2)c2ccccc2)cc1OC. The molecule has 2 N–H and O–H groups in total. The van der Waals surface area contributed by atoms with E-state index in [0.29, 0.717) is 34.8 Å². The van der Waals surface area contributed by atoms with Gasteiger partial charge in [-0.1, -0.05) is 73.3 Å². The zero-order valence-corrected chi connectivity index (χ0v) is 19.7. The van der Waals surface area contributed by atoms with E-state index in [9.17, 15) is 9.90 Å². The van der Waals surface area contributed by atoms with E-state index >= 15 is 0 Å². The van der Waals surface area contributed by atoms with Crippen molar-refractivity contribution in [1.29, 1.82) is 0 Å². The standard InChI is InChI=1S/C25H23IN2O4/c1-3-14-32-23-21(26)15-18(16-22(23)31-2)17-27-28-24(29)25(30,19-10-6-4-7-11-19)20-12-8-5-9-13-20/h3-13,15-17,30H,1,14H2,2H3,(H,28,29). The zero-order valence-electron chi connectivity index (χ0n) is 17.5. The van der Waals surface area contributed by atoms with Crippen molar-refractivity contribution in [3.8, 4) is 11.5 Å². The van der Waals surface area contributed by atoms with E-state index in [1.807, 2.05) is 18.2 Å². The molecule has 0 saturated carbocycles. The van der Waals surface area contributed by atoms with Gasteiger partial charge in [-0.05, 0) is 51.4 Å². The van der Waals surface area contributed by atoms with Crippen LogP contribution in [0.25, 0.3) is 0 Å². The fourth-order valence-electron chi connectivity index (χ4n) is 3.13. The number of methoxy groups -OCH3 is 1. The lowest BCUT2D eigenvalue weighted by Gasteiger charge is -2.27. The van der Waals surface area contributed by atoms with Crippen molar-refractivity contribution in [2.45, 2.75) is 5.60 Å². The maximum atomic E-state index is 13.1. The van der Waals surface area contributed by atoms with Gasteiger partial charge in [0.15, 0.2) is 17.1 Å². The van der Waals surface area contributed by atoms with E-state index in [2.05, 4.69) is 39.7 Å². The average molecular weight is 542 g/mol. The molecule has 0 aliphatic carbocycles. The molecule has 0 saturated heterocycles. The van der Waals surface area contributed by atoms with Crippen molar-refractivity contribution in [3.05, 3.63) is 106 Å². The van der Waals surface area contributed by atoms with Crippen molar-refractivity contribution < 1.29 is 19.4 Å². The van der Waals surface area contributed by atoms with Crippen LogP contribution in [-0.2, 0) is 10.4 Å². The monoisotopic (exact) mass is 542 g/mol. The van der Waals surface area contributed by atoms with Crippen LogP contribution in [0.3, 0.4) is 0 Å². The third kappa shape index (κ3) is 5.17. The van der Waals surface area contributed by atoms with Crippen LogP contribution in [0.4, 0.5) is 0 Å². The first-order valence-corrected chi connectivity index (χ1v) is 10.9. The Morgan fingerprint density at radius 3 is 2.25 bits per heavy atom. The van der Waals surface area contributed by atoms with Gasteiger partial charge in [0.1, 0.15) is 6.61 Å². The van der Waals surface area contributed by atoms with Gasteiger partial charge in [0, 0.05) is 0 Å². The molecule has 0 aromatic heterocycles. The molecule has 0 aliphatic rings. The van der Waals surface area contributed by atoms with Crippen LogP contribution >= 0.6 is 22.6 Å². The molecule has 7 heteroatoms. The summed E-state index contributed by atoms with van der Waals surface area (Å²) >= 11 is 2.14. The number of benzene rings is 3. The van der Waals surface area contributed by atoms with E-state index in [1.165, 1.54) is 6.21 Å². The third-order valence-corrected chi connectivity index (χ3v) is 5.49. The largest absolute Gasteiger partial charge is 0.493 e. The lowest BCUT2D eigenvalue weighted by molar-refractivity contribution is -0.136. The summed E-state index contributed by atoms with van der Waals surface area (Å²) < 4.78 is 11.9. The molecule has 0 heterocycles. The quantitative estimate of drug-likeness (QED) is 0.184. The Morgan fingerprint density at radius 2 is 1.72 bits per heavy atom. The zero-order chi connectivity index (χ0) is 23.0. The fourth-order valence-corrected chi connectivity index (χ4v) is 3.91. The Balaban J connectivity index is 1.85. The maximum absolute atomic E-state index is 13.1. The second-order valence-electron chi connectivity index (χ2n) is 6.78. The molecule has 0 radical (unpaired) electrons. The van der Waals surface area contributed by atoms with Crippen LogP contribution < -0.4 is 14.9 Å². The fraction of sp³-hybridized carbons (Fsp3) is 0.120. The number of amides is 1. The molecule has 0 fully saturated rings. The summed E-state index contributed by atoms with van der Waals surface area (Å²) in [5, 5.41) is 15.5. The van der Waals surface area contributed by atoms with Gasteiger partial charge in [-0.15, -0.1) is 0 Å². The minimum Gasteiger partial charge on any atom is -0.493 e. The summed E-state index contributed by atoms with van der Waals surface area (Å²) in [6, 6.07) is 21.1. The number of ether oxygens (including phenoxy) is 2. The molecule has 1 amide bonds. The molecule has 6 nitrogen and oxygen atoms in total. The minimum absolute atomic E-state index is 0.355. The van der Waals surface area contributed by atoms with Crippen molar-refractivity contribution in [2.75, 3.05) is 13.7 Å². The molecule has 0 spiro atoms. The summed E-state index contributed by atoms with van der Waals surface area (Å²) in [5.74, 6) is 0.479. The highest BCUT2D eigenvalue weighted by atomic mass is 127. The molecular formula is C25H23IN2O4. The van der Waals surface area contributed by atoms with Crippen molar-refractivity contribution in [2.24, 2.45) is 5.10 Å². The van der Waals surface area contributed by atoms with E-state index in [1.54, 1.807) is 67.8 Å². The molecule has 0 aliphatic heterocycles. The average Bonchev–Trinajstić information content (AvgIpc) is 2.83. The smallest absolute Gasteiger partial charge is 0.281 e. The van der Waals surface area contributed by atoms with Gasteiger partial charge in [-0.2, -0.15) is 5.10 Å². The van der Waals surface area contributed by atoms with Crippen LogP contribution in [0.5, 0.6) is 11.5 Å². The molecular weight excluding hydrogens is 519 g/mol. The number of rotatable bonds is 9. The number of aliphatic hydroxyl groups is 1. The predicted molar refractivity (Wildman–Crippen MR) is 133 cm³/mol. The molecule has 32 heavy (non-hydrogen) atoms. The van der Waals surface area contributed by atoms with Crippen LogP contribution in [0.1, 0.15) is 16.7 Å². The number of halogens is 1. The number of hydrazone groups is 1. The topological polar surface area (TPSA) is 80.2 Å².